The quantitative estimate of drug-likeness (QED) is 0.904. The zero-order valence-corrected chi connectivity index (χ0v) is 12.8. The largest absolute Gasteiger partial charge is 0.457 e. The van der Waals surface area contributed by atoms with Crippen molar-refractivity contribution in [3.63, 3.8) is 0 Å². The lowest BCUT2D eigenvalue weighted by Gasteiger charge is -2.11. The van der Waals surface area contributed by atoms with E-state index in [9.17, 15) is 0 Å². The van der Waals surface area contributed by atoms with Crippen LogP contribution in [0.4, 0.5) is 0 Å². The molecular formula is C16H18BrNO. The molecule has 0 heterocycles. The molecule has 3 heteroatoms. The van der Waals surface area contributed by atoms with Crippen molar-refractivity contribution < 1.29 is 4.74 Å². The van der Waals surface area contributed by atoms with Crippen LogP contribution in [-0.4, -0.2) is 6.04 Å². The second kappa shape index (κ2) is 6.22. The molecule has 0 aliphatic rings. The molecule has 2 rings (SSSR count). The third-order valence-corrected chi connectivity index (χ3v) is 3.33. The topological polar surface area (TPSA) is 35.2 Å². The first kappa shape index (κ1) is 14.1. The molecule has 19 heavy (non-hydrogen) atoms. The summed E-state index contributed by atoms with van der Waals surface area (Å²) in [6.07, 6.45) is 0.856. The Balaban J connectivity index is 2.21. The average Bonchev–Trinajstić information content (AvgIpc) is 2.33. The van der Waals surface area contributed by atoms with Gasteiger partial charge >= 0.3 is 0 Å². The molecule has 2 aromatic rings. The molecule has 0 aliphatic heterocycles. The van der Waals surface area contributed by atoms with Crippen LogP contribution in [0.3, 0.4) is 0 Å². The van der Waals surface area contributed by atoms with Gasteiger partial charge in [-0.2, -0.15) is 0 Å². The zero-order chi connectivity index (χ0) is 13.8. The van der Waals surface area contributed by atoms with Gasteiger partial charge in [0.25, 0.3) is 0 Å². The van der Waals surface area contributed by atoms with Gasteiger partial charge in [0.2, 0.25) is 0 Å². The van der Waals surface area contributed by atoms with Crippen molar-refractivity contribution >= 4 is 15.9 Å². The molecule has 0 amide bonds. The maximum Gasteiger partial charge on any atom is 0.131 e. The molecule has 100 valence electrons. The number of hydrogen-bond donors (Lipinski definition) is 1. The summed E-state index contributed by atoms with van der Waals surface area (Å²) in [7, 11) is 0. The molecular weight excluding hydrogens is 302 g/mol. The maximum absolute atomic E-state index is 5.94. The Morgan fingerprint density at radius 3 is 2.74 bits per heavy atom. The van der Waals surface area contributed by atoms with Crippen LogP contribution >= 0.6 is 15.9 Å². The SMILES string of the molecule is Cc1ccc(Br)cc1Oc1cccc(CC(C)N)c1. The van der Waals surface area contributed by atoms with Gasteiger partial charge in [-0.3, -0.25) is 0 Å². The Bertz CT molecular complexity index is 566. The normalized spacial score (nSPS) is 12.2. The van der Waals surface area contributed by atoms with E-state index >= 15 is 0 Å². The van der Waals surface area contributed by atoms with Gasteiger partial charge < -0.3 is 10.5 Å². The van der Waals surface area contributed by atoms with Gasteiger partial charge in [0, 0.05) is 10.5 Å². The lowest BCUT2D eigenvalue weighted by molar-refractivity contribution is 0.477. The molecule has 0 spiro atoms. The van der Waals surface area contributed by atoms with E-state index in [1.165, 1.54) is 5.56 Å². The lowest BCUT2D eigenvalue weighted by atomic mass is 10.1. The van der Waals surface area contributed by atoms with Gasteiger partial charge in [0.15, 0.2) is 0 Å². The molecule has 1 atom stereocenters. The summed E-state index contributed by atoms with van der Waals surface area (Å²) >= 11 is 3.46. The van der Waals surface area contributed by atoms with Crippen LogP contribution in [0.2, 0.25) is 0 Å². The van der Waals surface area contributed by atoms with Crippen molar-refractivity contribution in [2.24, 2.45) is 5.73 Å². The van der Waals surface area contributed by atoms with Crippen molar-refractivity contribution in [3.05, 3.63) is 58.1 Å². The Labute approximate surface area is 122 Å². The molecule has 0 bridgehead atoms. The van der Waals surface area contributed by atoms with Crippen LogP contribution in [0.15, 0.2) is 46.9 Å². The van der Waals surface area contributed by atoms with Crippen molar-refractivity contribution in [1.29, 1.82) is 0 Å². The predicted molar refractivity (Wildman–Crippen MR) is 82.7 cm³/mol. The third-order valence-electron chi connectivity index (χ3n) is 2.83. The van der Waals surface area contributed by atoms with E-state index in [1.807, 2.05) is 50.2 Å². The molecule has 0 aromatic heterocycles. The summed E-state index contributed by atoms with van der Waals surface area (Å²) in [5, 5.41) is 0. The summed E-state index contributed by atoms with van der Waals surface area (Å²) < 4.78 is 6.96. The highest BCUT2D eigenvalue weighted by Gasteiger charge is 2.04. The minimum atomic E-state index is 0.155. The highest BCUT2D eigenvalue weighted by molar-refractivity contribution is 9.10. The highest BCUT2D eigenvalue weighted by atomic mass is 79.9. The second-order valence-corrected chi connectivity index (χ2v) is 5.76. The van der Waals surface area contributed by atoms with E-state index in [4.69, 9.17) is 10.5 Å². The van der Waals surface area contributed by atoms with Crippen LogP contribution in [-0.2, 0) is 6.42 Å². The van der Waals surface area contributed by atoms with Crippen LogP contribution in [0.1, 0.15) is 18.1 Å². The molecule has 0 saturated carbocycles. The summed E-state index contributed by atoms with van der Waals surface area (Å²) in [5.41, 5.74) is 8.13. The smallest absolute Gasteiger partial charge is 0.131 e. The van der Waals surface area contributed by atoms with E-state index in [0.717, 1.165) is 28.0 Å². The fraction of sp³-hybridized carbons (Fsp3) is 0.250. The number of nitrogens with two attached hydrogens (primary N) is 1. The highest BCUT2D eigenvalue weighted by Crippen LogP contribution is 2.28. The summed E-state index contributed by atoms with van der Waals surface area (Å²) in [6.45, 7) is 4.04. The van der Waals surface area contributed by atoms with E-state index in [-0.39, 0.29) is 6.04 Å². The van der Waals surface area contributed by atoms with Crippen molar-refractivity contribution in [3.8, 4) is 11.5 Å². The van der Waals surface area contributed by atoms with Crippen LogP contribution in [0, 0.1) is 6.92 Å². The van der Waals surface area contributed by atoms with Crippen LogP contribution in [0.5, 0.6) is 11.5 Å². The number of aryl methyl sites for hydroxylation is 1. The molecule has 0 fully saturated rings. The van der Waals surface area contributed by atoms with Gasteiger partial charge in [-0.25, -0.2) is 0 Å². The van der Waals surface area contributed by atoms with Gasteiger partial charge in [-0.1, -0.05) is 34.1 Å². The fourth-order valence-corrected chi connectivity index (χ4v) is 2.26. The molecule has 0 saturated heterocycles. The minimum absolute atomic E-state index is 0.155. The van der Waals surface area contributed by atoms with E-state index in [0.29, 0.717) is 0 Å². The third kappa shape index (κ3) is 4.08. The molecule has 0 radical (unpaired) electrons. The van der Waals surface area contributed by atoms with Crippen molar-refractivity contribution in [2.75, 3.05) is 0 Å². The number of halogens is 1. The van der Waals surface area contributed by atoms with Crippen molar-refractivity contribution in [2.45, 2.75) is 26.3 Å². The fourth-order valence-electron chi connectivity index (χ4n) is 1.92. The Hall–Kier alpha value is -1.32. The van der Waals surface area contributed by atoms with E-state index in [2.05, 4.69) is 22.0 Å². The predicted octanol–water partition coefficient (Wildman–Crippen LogP) is 4.44. The standard InChI is InChI=1S/C16H18BrNO/c1-11-6-7-14(17)10-16(11)19-15-5-3-4-13(9-15)8-12(2)18/h3-7,9-10,12H,8,18H2,1-2H3. The van der Waals surface area contributed by atoms with Gasteiger partial charge in [0.1, 0.15) is 11.5 Å². The Morgan fingerprint density at radius 2 is 2.00 bits per heavy atom. The lowest BCUT2D eigenvalue weighted by Crippen LogP contribution is -2.17. The molecule has 0 aliphatic carbocycles. The Kier molecular flexibility index (Phi) is 4.61. The summed E-state index contributed by atoms with van der Waals surface area (Å²) in [6, 6.07) is 14.3. The average molecular weight is 320 g/mol. The number of rotatable bonds is 4. The summed E-state index contributed by atoms with van der Waals surface area (Å²) in [4.78, 5) is 0. The van der Waals surface area contributed by atoms with Gasteiger partial charge in [-0.05, 0) is 55.7 Å². The monoisotopic (exact) mass is 319 g/mol. The molecule has 2 nitrogen and oxygen atoms in total. The summed E-state index contributed by atoms with van der Waals surface area (Å²) in [5.74, 6) is 1.71. The van der Waals surface area contributed by atoms with Crippen LogP contribution in [0.25, 0.3) is 0 Å². The zero-order valence-electron chi connectivity index (χ0n) is 11.2. The van der Waals surface area contributed by atoms with Crippen LogP contribution < -0.4 is 10.5 Å². The van der Waals surface area contributed by atoms with Gasteiger partial charge in [-0.15, -0.1) is 0 Å². The van der Waals surface area contributed by atoms with E-state index < -0.39 is 0 Å². The number of hydrogen-bond acceptors (Lipinski definition) is 2. The number of ether oxygens (including phenoxy) is 1. The molecule has 2 aromatic carbocycles. The first-order chi connectivity index (χ1) is 9.04. The first-order valence-electron chi connectivity index (χ1n) is 6.33. The second-order valence-electron chi connectivity index (χ2n) is 4.84. The van der Waals surface area contributed by atoms with Crippen molar-refractivity contribution in [1.82, 2.24) is 0 Å². The minimum Gasteiger partial charge on any atom is -0.457 e. The first-order valence-corrected chi connectivity index (χ1v) is 7.12. The molecule has 1 unspecified atom stereocenters. The maximum atomic E-state index is 5.94. The molecule has 2 N–H and O–H groups in total. The number of benzene rings is 2. The van der Waals surface area contributed by atoms with E-state index in [1.54, 1.807) is 0 Å². The van der Waals surface area contributed by atoms with Gasteiger partial charge in [0.05, 0.1) is 0 Å². The Morgan fingerprint density at radius 1 is 1.21 bits per heavy atom.